The number of sulfonamides is 1. The summed E-state index contributed by atoms with van der Waals surface area (Å²) in [5, 5.41) is 0.0956. The molecule has 25 heavy (non-hydrogen) atoms. The Morgan fingerprint density at radius 2 is 1.84 bits per heavy atom. The Balaban J connectivity index is 2.46. The lowest BCUT2D eigenvalue weighted by Crippen LogP contribution is -2.36. The molecule has 1 aromatic carbocycles. The molecule has 1 amide bonds. The van der Waals surface area contributed by atoms with Gasteiger partial charge in [-0.1, -0.05) is 29.8 Å². The maximum atomic E-state index is 12.7. The van der Waals surface area contributed by atoms with Crippen LogP contribution >= 0.6 is 11.6 Å². The van der Waals surface area contributed by atoms with E-state index in [0.717, 1.165) is 6.26 Å². The topological polar surface area (TPSA) is 85.8 Å². The molecule has 9 heteroatoms. The molecule has 0 radical (unpaired) electrons. The molecule has 0 unspecified atom stereocenters. The molecule has 0 atom stereocenters. The van der Waals surface area contributed by atoms with E-state index < -0.39 is 15.9 Å². The number of halogens is 1. The minimum Gasteiger partial charge on any atom is -0.493 e. The molecule has 0 aliphatic carbocycles. The summed E-state index contributed by atoms with van der Waals surface area (Å²) in [4.78, 5) is 16.5. The summed E-state index contributed by atoms with van der Waals surface area (Å²) < 4.78 is 35.5. The number of rotatable bonds is 6. The van der Waals surface area contributed by atoms with Crippen molar-refractivity contribution in [3.63, 3.8) is 0 Å². The van der Waals surface area contributed by atoms with Crippen molar-refractivity contribution in [1.82, 2.24) is 9.29 Å². The fourth-order valence-electron chi connectivity index (χ4n) is 2.23. The van der Waals surface area contributed by atoms with Gasteiger partial charge in [0, 0.05) is 5.56 Å². The number of carbonyl (C=O) groups is 1. The Morgan fingerprint density at radius 3 is 2.40 bits per heavy atom. The van der Waals surface area contributed by atoms with Crippen molar-refractivity contribution >= 4 is 27.5 Å². The normalized spacial score (nSPS) is 11.0. The lowest BCUT2D eigenvalue weighted by molar-refractivity contribution is 0.0849. The van der Waals surface area contributed by atoms with Crippen molar-refractivity contribution in [2.24, 2.45) is 0 Å². The number of pyridine rings is 1. The number of methoxy groups -OCH3 is 2. The van der Waals surface area contributed by atoms with E-state index in [2.05, 4.69) is 4.98 Å². The van der Waals surface area contributed by atoms with Crippen LogP contribution in [0.3, 0.4) is 0 Å². The second kappa shape index (κ2) is 7.71. The van der Waals surface area contributed by atoms with E-state index in [1.807, 2.05) is 0 Å². The Morgan fingerprint density at radius 1 is 1.16 bits per heavy atom. The molecule has 1 heterocycles. The molecule has 2 aromatic rings. The van der Waals surface area contributed by atoms with Crippen LogP contribution in [0.15, 0.2) is 36.4 Å². The molecule has 0 saturated heterocycles. The van der Waals surface area contributed by atoms with E-state index in [1.54, 1.807) is 18.2 Å². The van der Waals surface area contributed by atoms with E-state index in [-0.39, 0.29) is 17.4 Å². The van der Waals surface area contributed by atoms with Crippen LogP contribution in [-0.2, 0) is 16.6 Å². The predicted molar refractivity (Wildman–Crippen MR) is 93.5 cm³/mol. The van der Waals surface area contributed by atoms with Crippen molar-refractivity contribution in [3.8, 4) is 11.5 Å². The van der Waals surface area contributed by atoms with Crippen molar-refractivity contribution in [1.29, 1.82) is 0 Å². The first-order valence-corrected chi connectivity index (χ1v) is 9.35. The summed E-state index contributed by atoms with van der Waals surface area (Å²) in [7, 11) is -0.957. The van der Waals surface area contributed by atoms with Gasteiger partial charge in [0.1, 0.15) is 10.8 Å². The Hall–Kier alpha value is -2.32. The van der Waals surface area contributed by atoms with Crippen LogP contribution in [0.1, 0.15) is 16.1 Å². The van der Waals surface area contributed by atoms with Gasteiger partial charge in [0.05, 0.1) is 27.0 Å². The van der Waals surface area contributed by atoms with E-state index in [1.165, 1.54) is 32.4 Å². The van der Waals surface area contributed by atoms with Gasteiger partial charge in [-0.25, -0.2) is 17.7 Å². The number of nitrogens with zero attached hydrogens (tertiary/aromatic N) is 2. The van der Waals surface area contributed by atoms with E-state index in [0.29, 0.717) is 21.4 Å². The van der Waals surface area contributed by atoms with Gasteiger partial charge in [-0.05, 0) is 18.2 Å². The molecular weight excluding hydrogens is 368 g/mol. The summed E-state index contributed by atoms with van der Waals surface area (Å²) in [6, 6.07) is 9.42. The third-order valence-corrected chi connectivity index (χ3v) is 4.67. The van der Waals surface area contributed by atoms with Gasteiger partial charge < -0.3 is 9.47 Å². The first-order valence-electron chi connectivity index (χ1n) is 7.12. The average Bonchev–Trinajstić information content (AvgIpc) is 2.57. The van der Waals surface area contributed by atoms with Gasteiger partial charge in [0.15, 0.2) is 11.5 Å². The van der Waals surface area contributed by atoms with Crippen LogP contribution in [-0.4, -0.2) is 44.1 Å². The maximum Gasteiger partial charge on any atom is 0.286 e. The van der Waals surface area contributed by atoms with Gasteiger partial charge in [-0.15, -0.1) is 0 Å². The molecular formula is C16H17ClN2O5S. The number of amides is 1. The lowest BCUT2D eigenvalue weighted by Gasteiger charge is -2.22. The van der Waals surface area contributed by atoms with Crippen LogP contribution in [0.5, 0.6) is 11.5 Å². The van der Waals surface area contributed by atoms with Gasteiger partial charge in [-0.2, -0.15) is 0 Å². The maximum absolute atomic E-state index is 12.7. The summed E-state index contributed by atoms with van der Waals surface area (Å²) in [5.41, 5.74) is 0.405. The number of ether oxygens (including phenoxy) is 2. The highest BCUT2D eigenvalue weighted by molar-refractivity contribution is 7.88. The minimum absolute atomic E-state index is 0.0696. The summed E-state index contributed by atoms with van der Waals surface area (Å²) in [6.45, 7) is -0.230. The van der Waals surface area contributed by atoms with Crippen molar-refractivity contribution in [2.75, 3.05) is 20.5 Å². The van der Waals surface area contributed by atoms with Gasteiger partial charge in [0.25, 0.3) is 5.91 Å². The highest BCUT2D eigenvalue weighted by Gasteiger charge is 2.27. The largest absolute Gasteiger partial charge is 0.493 e. The number of hydrogen-bond acceptors (Lipinski definition) is 6. The first-order chi connectivity index (χ1) is 11.8. The van der Waals surface area contributed by atoms with Gasteiger partial charge in [0.2, 0.25) is 10.0 Å². The zero-order chi connectivity index (χ0) is 18.6. The van der Waals surface area contributed by atoms with Crippen LogP contribution in [0.4, 0.5) is 0 Å². The molecule has 0 N–H and O–H groups in total. The van der Waals surface area contributed by atoms with Crippen molar-refractivity contribution in [2.45, 2.75) is 6.54 Å². The standard InChI is InChI=1S/C16H17ClN2O5S/c1-23-13-8-4-6-11(15(13)24-2)10-19(25(3,21)22)16(20)12-7-5-9-14(17)18-12/h4-9H,10H2,1-3H3. The molecule has 1 aromatic heterocycles. The monoisotopic (exact) mass is 384 g/mol. The molecule has 0 saturated carbocycles. The van der Waals surface area contributed by atoms with Crippen LogP contribution < -0.4 is 9.47 Å². The molecule has 134 valence electrons. The van der Waals surface area contributed by atoms with E-state index >= 15 is 0 Å². The second-order valence-electron chi connectivity index (χ2n) is 5.07. The van der Waals surface area contributed by atoms with Crippen LogP contribution in [0, 0.1) is 0 Å². The lowest BCUT2D eigenvalue weighted by atomic mass is 10.2. The molecule has 0 spiro atoms. The molecule has 2 rings (SSSR count). The third-order valence-electron chi connectivity index (χ3n) is 3.36. The van der Waals surface area contributed by atoms with Gasteiger partial charge >= 0.3 is 0 Å². The van der Waals surface area contributed by atoms with E-state index in [9.17, 15) is 13.2 Å². The van der Waals surface area contributed by atoms with Crippen LogP contribution in [0.2, 0.25) is 5.15 Å². The predicted octanol–water partition coefficient (Wildman–Crippen LogP) is 2.35. The fraction of sp³-hybridized carbons (Fsp3) is 0.250. The Labute approximate surface area is 151 Å². The van der Waals surface area contributed by atoms with E-state index in [4.69, 9.17) is 21.1 Å². The zero-order valence-corrected chi connectivity index (χ0v) is 15.5. The van der Waals surface area contributed by atoms with Crippen molar-refractivity contribution in [3.05, 3.63) is 52.8 Å². The summed E-state index contributed by atoms with van der Waals surface area (Å²) in [6.07, 6.45) is 0.947. The Bertz CT molecular complexity index is 886. The third kappa shape index (κ3) is 4.40. The van der Waals surface area contributed by atoms with Crippen LogP contribution in [0.25, 0.3) is 0 Å². The summed E-state index contributed by atoms with van der Waals surface area (Å²) >= 11 is 5.79. The first kappa shape index (κ1) is 19.0. The molecule has 0 aliphatic rings. The zero-order valence-electron chi connectivity index (χ0n) is 13.9. The average molecular weight is 385 g/mol. The highest BCUT2D eigenvalue weighted by Crippen LogP contribution is 2.32. The second-order valence-corrected chi connectivity index (χ2v) is 7.37. The number of aromatic nitrogens is 1. The highest BCUT2D eigenvalue weighted by atomic mass is 35.5. The Kier molecular flexibility index (Phi) is 5.86. The van der Waals surface area contributed by atoms with Gasteiger partial charge in [-0.3, -0.25) is 4.79 Å². The minimum atomic E-state index is -3.86. The number of benzene rings is 1. The summed E-state index contributed by atoms with van der Waals surface area (Å²) in [5.74, 6) is 0.00200. The quantitative estimate of drug-likeness (QED) is 0.710. The molecule has 0 fully saturated rings. The van der Waals surface area contributed by atoms with Crippen molar-refractivity contribution < 1.29 is 22.7 Å². The molecule has 7 nitrogen and oxygen atoms in total. The number of carbonyl (C=O) groups excluding carboxylic acids is 1. The smallest absolute Gasteiger partial charge is 0.286 e. The number of hydrogen-bond donors (Lipinski definition) is 0. The number of para-hydroxylation sites is 1. The fourth-order valence-corrected chi connectivity index (χ4v) is 3.16. The SMILES string of the molecule is COc1cccc(CN(C(=O)c2cccc(Cl)n2)S(C)(=O)=O)c1OC. The molecule has 0 aliphatic heterocycles. The molecule has 0 bridgehead atoms.